The molecule has 0 aliphatic carbocycles. The number of anilines is 1. The summed E-state index contributed by atoms with van der Waals surface area (Å²) in [7, 11) is 2.50. The number of benzene rings is 2. The predicted octanol–water partition coefficient (Wildman–Crippen LogP) is 5.66. The Labute approximate surface area is 206 Å². The van der Waals surface area contributed by atoms with Crippen molar-refractivity contribution in [3.05, 3.63) is 81.7 Å². The molecule has 35 heavy (non-hydrogen) atoms. The van der Waals surface area contributed by atoms with Crippen LogP contribution in [0.2, 0.25) is 0 Å². The van der Waals surface area contributed by atoms with Crippen LogP contribution in [0.4, 0.5) is 5.00 Å². The Balaban J connectivity index is 1.80. The van der Waals surface area contributed by atoms with Crippen molar-refractivity contribution in [3.8, 4) is 11.3 Å². The molecular weight excluding hydrogens is 464 g/mol. The van der Waals surface area contributed by atoms with E-state index in [0.29, 0.717) is 27.7 Å². The van der Waals surface area contributed by atoms with Crippen LogP contribution in [0.3, 0.4) is 0 Å². The minimum atomic E-state index is -0.652. The minimum absolute atomic E-state index is 0.125. The van der Waals surface area contributed by atoms with E-state index in [1.165, 1.54) is 19.8 Å². The highest BCUT2D eigenvalue weighted by molar-refractivity contribution is 7.18. The molecule has 0 saturated heterocycles. The fraction of sp³-hybridized carbons (Fsp3) is 0.185. The van der Waals surface area contributed by atoms with Crippen LogP contribution < -0.4 is 5.32 Å². The summed E-state index contributed by atoms with van der Waals surface area (Å²) < 4.78 is 9.72. The normalized spacial score (nSPS) is 10.7. The maximum absolute atomic E-state index is 13.5. The van der Waals surface area contributed by atoms with Gasteiger partial charge in [0, 0.05) is 10.9 Å². The number of amides is 1. The zero-order chi connectivity index (χ0) is 25.1. The first-order valence-electron chi connectivity index (χ1n) is 11.0. The molecule has 2 heterocycles. The van der Waals surface area contributed by atoms with Gasteiger partial charge in [0.25, 0.3) is 5.91 Å². The van der Waals surface area contributed by atoms with Crippen molar-refractivity contribution in [2.45, 2.75) is 20.3 Å². The number of carbonyl (C=O) groups excluding carboxylic acids is 3. The first kappa shape index (κ1) is 24.1. The van der Waals surface area contributed by atoms with Crippen LogP contribution in [-0.4, -0.2) is 37.0 Å². The Morgan fingerprint density at radius 3 is 2.31 bits per heavy atom. The van der Waals surface area contributed by atoms with E-state index in [0.717, 1.165) is 23.3 Å². The van der Waals surface area contributed by atoms with E-state index in [-0.39, 0.29) is 15.4 Å². The number of nitrogens with zero attached hydrogens (tertiary/aromatic N) is 1. The number of aromatic nitrogens is 1. The van der Waals surface area contributed by atoms with E-state index in [4.69, 9.17) is 14.5 Å². The smallest absolute Gasteiger partial charge is 0.348 e. The van der Waals surface area contributed by atoms with E-state index >= 15 is 0 Å². The number of rotatable bonds is 6. The molecule has 4 aromatic rings. The second kappa shape index (κ2) is 10.1. The largest absolute Gasteiger partial charge is 0.465 e. The third-order valence-corrected chi connectivity index (χ3v) is 6.94. The Hall–Kier alpha value is -4.04. The molecule has 8 heteroatoms. The third-order valence-electron chi connectivity index (χ3n) is 5.75. The average molecular weight is 489 g/mol. The molecule has 0 aliphatic heterocycles. The quantitative estimate of drug-likeness (QED) is 0.352. The average Bonchev–Trinajstić information content (AvgIpc) is 3.22. The molecule has 4 rings (SSSR count). The van der Waals surface area contributed by atoms with Gasteiger partial charge < -0.3 is 14.8 Å². The maximum Gasteiger partial charge on any atom is 0.348 e. The van der Waals surface area contributed by atoms with E-state index < -0.39 is 17.8 Å². The molecule has 0 fully saturated rings. The van der Waals surface area contributed by atoms with Gasteiger partial charge in [0.05, 0.1) is 36.6 Å². The molecular formula is C27H24N2O5S. The van der Waals surface area contributed by atoms with Gasteiger partial charge in [-0.1, -0.05) is 49.4 Å². The molecule has 0 unspecified atom stereocenters. The monoisotopic (exact) mass is 488 g/mol. The van der Waals surface area contributed by atoms with Crippen molar-refractivity contribution < 1.29 is 23.9 Å². The lowest BCUT2D eigenvalue weighted by Gasteiger charge is -2.11. The van der Waals surface area contributed by atoms with Crippen molar-refractivity contribution >= 4 is 45.1 Å². The number of pyridine rings is 1. The number of hydrogen-bond donors (Lipinski definition) is 1. The van der Waals surface area contributed by atoms with E-state index in [1.807, 2.05) is 48.5 Å². The molecule has 0 radical (unpaired) electrons. The molecule has 0 bridgehead atoms. The highest BCUT2D eigenvalue weighted by Crippen LogP contribution is 2.35. The first-order valence-corrected chi connectivity index (χ1v) is 11.8. The summed E-state index contributed by atoms with van der Waals surface area (Å²) in [6.07, 6.45) is 0.926. The summed E-state index contributed by atoms with van der Waals surface area (Å²) in [5.41, 5.74) is 4.32. The van der Waals surface area contributed by atoms with Crippen molar-refractivity contribution in [3.63, 3.8) is 0 Å². The molecule has 2 aromatic heterocycles. The second-order valence-electron chi connectivity index (χ2n) is 7.82. The number of carbonyl (C=O) groups is 3. The molecule has 7 nitrogen and oxygen atoms in total. The molecule has 178 valence electrons. The Kier molecular flexibility index (Phi) is 6.93. The predicted molar refractivity (Wildman–Crippen MR) is 136 cm³/mol. The Morgan fingerprint density at radius 1 is 0.971 bits per heavy atom. The molecule has 0 spiro atoms. The maximum atomic E-state index is 13.5. The summed E-state index contributed by atoms with van der Waals surface area (Å²) in [6, 6.07) is 17.1. The number of hydrogen-bond acceptors (Lipinski definition) is 7. The van der Waals surface area contributed by atoms with Crippen molar-refractivity contribution in [1.29, 1.82) is 0 Å². The van der Waals surface area contributed by atoms with Gasteiger partial charge in [-0.25, -0.2) is 14.6 Å². The van der Waals surface area contributed by atoms with Gasteiger partial charge in [-0.05, 0) is 36.6 Å². The van der Waals surface area contributed by atoms with Gasteiger partial charge in [0.1, 0.15) is 9.88 Å². The van der Waals surface area contributed by atoms with Crippen LogP contribution in [0.5, 0.6) is 0 Å². The fourth-order valence-electron chi connectivity index (χ4n) is 3.83. The fourth-order valence-corrected chi connectivity index (χ4v) is 4.94. The Bertz CT molecular complexity index is 1440. The van der Waals surface area contributed by atoms with Gasteiger partial charge in [-0.3, -0.25) is 4.79 Å². The number of thiophene rings is 1. The number of nitrogens with one attached hydrogen (secondary N) is 1. The standard InChI is InChI=1S/C27H24N2O5S/c1-5-16-10-12-17(13-11-16)21-14-19(18-8-6-7-9-20(18)28-21)24(30)29-25-22(26(31)33-3)15(2)23(35-25)27(32)34-4/h6-14H,5H2,1-4H3,(H,29,30). The number of aryl methyl sites for hydroxylation is 1. The lowest BCUT2D eigenvalue weighted by atomic mass is 10.0. The molecule has 1 amide bonds. The molecule has 0 saturated carbocycles. The zero-order valence-corrected chi connectivity index (χ0v) is 20.6. The third kappa shape index (κ3) is 4.65. The van der Waals surface area contributed by atoms with Crippen LogP contribution in [0.25, 0.3) is 22.2 Å². The molecule has 1 N–H and O–H groups in total. The van der Waals surface area contributed by atoms with Crippen LogP contribution >= 0.6 is 11.3 Å². The molecule has 0 aliphatic rings. The molecule has 2 aromatic carbocycles. The summed E-state index contributed by atoms with van der Waals surface area (Å²) in [5, 5.41) is 3.70. The number of para-hydroxylation sites is 1. The highest BCUT2D eigenvalue weighted by atomic mass is 32.1. The molecule has 0 atom stereocenters. The van der Waals surface area contributed by atoms with Crippen LogP contribution in [-0.2, 0) is 15.9 Å². The number of fused-ring (bicyclic) bond motifs is 1. The summed E-state index contributed by atoms with van der Waals surface area (Å²) in [6.45, 7) is 3.71. The van der Waals surface area contributed by atoms with Gasteiger partial charge >= 0.3 is 11.9 Å². The lowest BCUT2D eigenvalue weighted by molar-refractivity contribution is 0.0601. The van der Waals surface area contributed by atoms with Gasteiger partial charge in [0.2, 0.25) is 0 Å². The summed E-state index contributed by atoms with van der Waals surface area (Å²) in [5.74, 6) is -1.68. The van der Waals surface area contributed by atoms with Crippen molar-refractivity contribution in [2.24, 2.45) is 0 Å². The summed E-state index contributed by atoms with van der Waals surface area (Å²) >= 11 is 0.973. The van der Waals surface area contributed by atoms with Gasteiger partial charge in [0.15, 0.2) is 0 Å². The minimum Gasteiger partial charge on any atom is -0.465 e. The first-order chi connectivity index (χ1) is 16.9. The number of ether oxygens (including phenoxy) is 2. The van der Waals surface area contributed by atoms with Crippen LogP contribution in [0.1, 0.15) is 48.4 Å². The Morgan fingerprint density at radius 2 is 1.66 bits per heavy atom. The number of methoxy groups -OCH3 is 2. The van der Waals surface area contributed by atoms with E-state index in [9.17, 15) is 14.4 Å². The topological polar surface area (TPSA) is 94.6 Å². The number of esters is 2. The van der Waals surface area contributed by atoms with E-state index in [1.54, 1.807) is 13.0 Å². The summed E-state index contributed by atoms with van der Waals surface area (Å²) in [4.78, 5) is 43.2. The van der Waals surface area contributed by atoms with E-state index in [2.05, 4.69) is 12.2 Å². The van der Waals surface area contributed by atoms with Gasteiger partial charge in [-0.15, -0.1) is 11.3 Å². The van der Waals surface area contributed by atoms with Crippen molar-refractivity contribution in [2.75, 3.05) is 19.5 Å². The SMILES string of the molecule is CCc1ccc(-c2cc(C(=O)Nc3sc(C(=O)OC)c(C)c3C(=O)OC)c3ccccc3n2)cc1. The second-order valence-corrected chi connectivity index (χ2v) is 8.84. The zero-order valence-electron chi connectivity index (χ0n) is 19.8. The lowest BCUT2D eigenvalue weighted by Crippen LogP contribution is -2.15. The highest BCUT2D eigenvalue weighted by Gasteiger charge is 2.27. The van der Waals surface area contributed by atoms with Crippen molar-refractivity contribution in [1.82, 2.24) is 4.98 Å². The van der Waals surface area contributed by atoms with Gasteiger partial charge in [-0.2, -0.15) is 0 Å². The van der Waals surface area contributed by atoms with Crippen LogP contribution in [0.15, 0.2) is 54.6 Å². The van der Waals surface area contributed by atoms with Crippen LogP contribution in [0, 0.1) is 6.92 Å².